The van der Waals surface area contributed by atoms with E-state index in [9.17, 15) is 10.1 Å². The number of nitrogens with zero attached hydrogens (tertiary/aromatic N) is 3. The molecule has 2 rings (SSSR count). The van der Waals surface area contributed by atoms with Gasteiger partial charge in [-0.15, -0.1) is 0 Å². The fourth-order valence-electron chi connectivity index (χ4n) is 2.17. The first kappa shape index (κ1) is 16.9. The first-order chi connectivity index (χ1) is 11.2. The third kappa shape index (κ3) is 4.51. The van der Waals surface area contributed by atoms with Crippen molar-refractivity contribution in [3.05, 3.63) is 28.3 Å². The summed E-state index contributed by atoms with van der Waals surface area (Å²) in [6.45, 7) is 5.88. The predicted molar refractivity (Wildman–Crippen MR) is 93.0 cm³/mol. The van der Waals surface area contributed by atoms with Gasteiger partial charge >= 0.3 is 0 Å². The van der Waals surface area contributed by atoms with E-state index in [1.165, 1.54) is 12.1 Å². The fraction of sp³-hybridized carbons (Fsp3) is 0.500. The molecule has 0 saturated carbocycles. The van der Waals surface area contributed by atoms with Crippen molar-refractivity contribution >= 4 is 28.4 Å². The van der Waals surface area contributed by atoms with Gasteiger partial charge in [-0.05, 0) is 18.9 Å². The summed E-state index contributed by atoms with van der Waals surface area (Å²) in [5, 5.41) is 17.5. The number of fused-ring (bicyclic) bond motifs is 1. The number of anilines is 2. The van der Waals surface area contributed by atoms with Crippen LogP contribution in [0.3, 0.4) is 0 Å². The summed E-state index contributed by atoms with van der Waals surface area (Å²) < 4.78 is 0. The SMILES string of the molecule is CCCCNc1nc2ccc([N+](=O)[O-])cc2nc1NCCCC. The van der Waals surface area contributed by atoms with Gasteiger partial charge in [0.2, 0.25) is 0 Å². The van der Waals surface area contributed by atoms with Crippen LogP contribution in [0.15, 0.2) is 18.2 Å². The van der Waals surface area contributed by atoms with Crippen LogP contribution in [0, 0.1) is 10.1 Å². The minimum absolute atomic E-state index is 0.0259. The molecule has 0 aliphatic heterocycles. The summed E-state index contributed by atoms with van der Waals surface area (Å²) in [5.41, 5.74) is 1.20. The smallest absolute Gasteiger partial charge is 0.271 e. The van der Waals surface area contributed by atoms with Crippen molar-refractivity contribution in [1.29, 1.82) is 0 Å². The van der Waals surface area contributed by atoms with E-state index in [-0.39, 0.29) is 5.69 Å². The van der Waals surface area contributed by atoms with Crippen molar-refractivity contribution < 1.29 is 4.92 Å². The van der Waals surface area contributed by atoms with Gasteiger partial charge in [0.1, 0.15) is 0 Å². The number of nitro benzene ring substituents is 1. The van der Waals surface area contributed by atoms with E-state index in [0.29, 0.717) is 22.7 Å². The summed E-state index contributed by atoms with van der Waals surface area (Å²) >= 11 is 0. The zero-order chi connectivity index (χ0) is 16.7. The fourth-order valence-corrected chi connectivity index (χ4v) is 2.17. The molecule has 0 aliphatic rings. The molecule has 1 heterocycles. The topological polar surface area (TPSA) is 93.0 Å². The lowest BCUT2D eigenvalue weighted by atomic mass is 10.2. The van der Waals surface area contributed by atoms with E-state index in [2.05, 4.69) is 34.4 Å². The van der Waals surface area contributed by atoms with Crippen molar-refractivity contribution in [3.8, 4) is 0 Å². The molecule has 0 spiro atoms. The maximum atomic E-state index is 10.9. The second-order valence-corrected chi connectivity index (χ2v) is 5.41. The zero-order valence-corrected chi connectivity index (χ0v) is 13.6. The zero-order valence-electron chi connectivity index (χ0n) is 13.6. The van der Waals surface area contributed by atoms with Gasteiger partial charge in [-0.1, -0.05) is 26.7 Å². The van der Waals surface area contributed by atoms with E-state index >= 15 is 0 Å². The lowest BCUT2D eigenvalue weighted by Gasteiger charge is -2.13. The molecule has 124 valence electrons. The monoisotopic (exact) mass is 317 g/mol. The molecule has 7 nitrogen and oxygen atoms in total. The highest BCUT2D eigenvalue weighted by molar-refractivity contribution is 5.82. The molecule has 1 aromatic carbocycles. The number of benzene rings is 1. The van der Waals surface area contributed by atoms with Crippen LogP contribution in [0.5, 0.6) is 0 Å². The highest BCUT2D eigenvalue weighted by Gasteiger charge is 2.12. The van der Waals surface area contributed by atoms with Crippen molar-refractivity contribution in [1.82, 2.24) is 9.97 Å². The molecule has 0 saturated heterocycles. The van der Waals surface area contributed by atoms with E-state index in [0.717, 1.165) is 38.8 Å². The average Bonchev–Trinajstić information content (AvgIpc) is 2.55. The third-order valence-corrected chi connectivity index (χ3v) is 3.50. The number of nitro groups is 1. The Labute approximate surface area is 135 Å². The van der Waals surface area contributed by atoms with Gasteiger partial charge in [-0.3, -0.25) is 10.1 Å². The van der Waals surface area contributed by atoms with Gasteiger partial charge in [0.15, 0.2) is 11.6 Å². The molecule has 2 N–H and O–H groups in total. The second kappa shape index (κ2) is 8.26. The lowest BCUT2D eigenvalue weighted by Crippen LogP contribution is -2.11. The summed E-state index contributed by atoms with van der Waals surface area (Å²) in [4.78, 5) is 19.6. The highest BCUT2D eigenvalue weighted by atomic mass is 16.6. The molecule has 1 aromatic heterocycles. The Morgan fingerprint density at radius 3 is 2.09 bits per heavy atom. The predicted octanol–water partition coefficient (Wildman–Crippen LogP) is 3.96. The maximum absolute atomic E-state index is 10.9. The summed E-state index contributed by atoms with van der Waals surface area (Å²) in [7, 11) is 0. The van der Waals surface area contributed by atoms with Gasteiger partial charge in [-0.2, -0.15) is 0 Å². The third-order valence-electron chi connectivity index (χ3n) is 3.50. The van der Waals surface area contributed by atoms with E-state index in [4.69, 9.17) is 0 Å². The first-order valence-electron chi connectivity index (χ1n) is 8.09. The van der Waals surface area contributed by atoms with Crippen LogP contribution in [0.2, 0.25) is 0 Å². The average molecular weight is 317 g/mol. The van der Waals surface area contributed by atoms with Crippen LogP contribution >= 0.6 is 0 Å². The van der Waals surface area contributed by atoms with Gasteiger partial charge in [0.05, 0.1) is 16.0 Å². The number of hydrogen-bond acceptors (Lipinski definition) is 6. The number of aromatic nitrogens is 2. The van der Waals surface area contributed by atoms with E-state index in [1.54, 1.807) is 6.07 Å². The summed E-state index contributed by atoms with van der Waals surface area (Å²) in [6, 6.07) is 4.56. The largest absolute Gasteiger partial charge is 0.367 e. The first-order valence-corrected chi connectivity index (χ1v) is 8.09. The van der Waals surface area contributed by atoms with Crippen LogP contribution in [0.1, 0.15) is 39.5 Å². The Hall–Kier alpha value is -2.44. The molecule has 0 amide bonds. The molecule has 0 bridgehead atoms. The molecule has 2 aromatic rings. The quantitative estimate of drug-likeness (QED) is 0.413. The Balaban J connectivity index is 2.33. The molecular formula is C16H23N5O2. The second-order valence-electron chi connectivity index (χ2n) is 5.41. The molecule has 0 unspecified atom stereocenters. The van der Waals surface area contributed by atoms with Crippen molar-refractivity contribution in [3.63, 3.8) is 0 Å². The molecule has 7 heteroatoms. The molecule has 0 atom stereocenters. The molecule has 0 radical (unpaired) electrons. The van der Waals surface area contributed by atoms with Gasteiger partial charge in [0, 0.05) is 25.2 Å². The van der Waals surface area contributed by atoms with Gasteiger partial charge in [-0.25, -0.2) is 9.97 Å². The normalized spacial score (nSPS) is 10.7. The molecule has 0 aliphatic carbocycles. The van der Waals surface area contributed by atoms with Crippen LogP contribution < -0.4 is 10.6 Å². The number of rotatable bonds is 9. The number of non-ortho nitro benzene ring substituents is 1. The van der Waals surface area contributed by atoms with Gasteiger partial charge in [0.25, 0.3) is 5.69 Å². The Morgan fingerprint density at radius 2 is 1.57 bits per heavy atom. The standard InChI is InChI=1S/C16H23N5O2/c1-3-5-9-17-15-16(18-10-6-4-2)20-14-11-12(21(22)23)7-8-13(14)19-15/h7-8,11H,3-6,9-10H2,1-2H3,(H,17,19)(H,18,20). The Bertz CT molecular complexity index is 675. The Kier molecular flexibility index (Phi) is 6.08. The number of nitrogens with one attached hydrogen (secondary N) is 2. The summed E-state index contributed by atoms with van der Waals surface area (Å²) in [6.07, 6.45) is 4.26. The summed E-state index contributed by atoms with van der Waals surface area (Å²) in [5.74, 6) is 1.36. The minimum atomic E-state index is -0.418. The number of hydrogen-bond donors (Lipinski definition) is 2. The van der Waals surface area contributed by atoms with Gasteiger partial charge < -0.3 is 10.6 Å². The van der Waals surface area contributed by atoms with E-state index < -0.39 is 4.92 Å². The van der Waals surface area contributed by atoms with Crippen molar-refractivity contribution in [2.75, 3.05) is 23.7 Å². The maximum Gasteiger partial charge on any atom is 0.271 e. The van der Waals surface area contributed by atoms with Crippen LogP contribution in [-0.4, -0.2) is 28.0 Å². The van der Waals surface area contributed by atoms with Crippen molar-refractivity contribution in [2.24, 2.45) is 0 Å². The minimum Gasteiger partial charge on any atom is -0.367 e. The van der Waals surface area contributed by atoms with Crippen molar-refractivity contribution in [2.45, 2.75) is 39.5 Å². The van der Waals surface area contributed by atoms with E-state index in [1.807, 2.05) is 0 Å². The molecule has 23 heavy (non-hydrogen) atoms. The van der Waals surface area contributed by atoms with Crippen LogP contribution in [-0.2, 0) is 0 Å². The molecule has 0 fully saturated rings. The Morgan fingerprint density at radius 1 is 1.00 bits per heavy atom. The highest BCUT2D eigenvalue weighted by Crippen LogP contribution is 2.24. The molecular weight excluding hydrogens is 294 g/mol. The number of unbranched alkanes of at least 4 members (excludes halogenated alkanes) is 2. The van der Waals surface area contributed by atoms with Crippen LogP contribution in [0.4, 0.5) is 17.3 Å². The lowest BCUT2D eigenvalue weighted by molar-refractivity contribution is -0.384. The van der Waals surface area contributed by atoms with Crippen LogP contribution in [0.25, 0.3) is 11.0 Å².